The second-order valence-electron chi connectivity index (χ2n) is 3.81. The van der Waals surface area contributed by atoms with E-state index in [9.17, 15) is 9.90 Å². The molecule has 1 heterocycles. The molecular weight excluding hydrogens is 222 g/mol. The molecule has 0 saturated carbocycles. The maximum Gasteiger partial charge on any atom is 0.308 e. The van der Waals surface area contributed by atoms with Crippen molar-refractivity contribution in [2.24, 2.45) is 0 Å². The highest BCUT2D eigenvalue weighted by Gasteiger charge is 2.11. The van der Waals surface area contributed by atoms with Gasteiger partial charge in [0.05, 0.1) is 25.7 Å². The molecule has 96 valence electrons. The Kier molecular flexibility index (Phi) is 5.72. The minimum atomic E-state index is -0.731. The van der Waals surface area contributed by atoms with Crippen LogP contribution in [0, 0.1) is 6.92 Å². The molecular formula is C12H19NO4. The number of esters is 1. The van der Waals surface area contributed by atoms with Gasteiger partial charge in [-0.05, 0) is 26.0 Å². The van der Waals surface area contributed by atoms with Gasteiger partial charge in [0.2, 0.25) is 0 Å². The lowest BCUT2D eigenvalue weighted by atomic mass is 10.2. The SMILES string of the molecule is CCOC(=O)CC(O)CNCc1ccc(C)o1. The predicted molar refractivity (Wildman–Crippen MR) is 62.4 cm³/mol. The van der Waals surface area contributed by atoms with Crippen LogP contribution in [0.4, 0.5) is 0 Å². The van der Waals surface area contributed by atoms with E-state index < -0.39 is 6.10 Å². The molecule has 0 aliphatic heterocycles. The molecule has 0 fully saturated rings. The molecule has 0 radical (unpaired) electrons. The fourth-order valence-corrected chi connectivity index (χ4v) is 1.43. The zero-order chi connectivity index (χ0) is 12.7. The Morgan fingerprint density at radius 1 is 1.59 bits per heavy atom. The van der Waals surface area contributed by atoms with Crippen molar-refractivity contribution in [2.75, 3.05) is 13.2 Å². The molecule has 0 bridgehead atoms. The van der Waals surface area contributed by atoms with Crippen LogP contribution >= 0.6 is 0 Å². The summed E-state index contributed by atoms with van der Waals surface area (Å²) in [6.45, 7) is 4.82. The maximum atomic E-state index is 11.1. The smallest absolute Gasteiger partial charge is 0.308 e. The summed E-state index contributed by atoms with van der Waals surface area (Å²) in [5.74, 6) is 1.29. The molecule has 0 aliphatic carbocycles. The van der Waals surface area contributed by atoms with E-state index in [1.54, 1.807) is 6.92 Å². The first-order valence-corrected chi connectivity index (χ1v) is 5.71. The van der Waals surface area contributed by atoms with Crippen LogP contribution in [-0.2, 0) is 16.1 Å². The van der Waals surface area contributed by atoms with Gasteiger partial charge in [0.15, 0.2) is 0 Å². The van der Waals surface area contributed by atoms with Crippen LogP contribution in [-0.4, -0.2) is 30.3 Å². The number of ether oxygens (including phenoxy) is 1. The van der Waals surface area contributed by atoms with E-state index in [0.717, 1.165) is 11.5 Å². The van der Waals surface area contributed by atoms with Crippen LogP contribution in [0.3, 0.4) is 0 Å². The molecule has 1 aromatic heterocycles. The van der Waals surface area contributed by atoms with Crippen molar-refractivity contribution in [2.45, 2.75) is 32.9 Å². The largest absolute Gasteiger partial charge is 0.466 e. The fourth-order valence-electron chi connectivity index (χ4n) is 1.43. The van der Waals surface area contributed by atoms with E-state index in [4.69, 9.17) is 9.15 Å². The average molecular weight is 241 g/mol. The zero-order valence-corrected chi connectivity index (χ0v) is 10.2. The van der Waals surface area contributed by atoms with Crippen molar-refractivity contribution >= 4 is 5.97 Å². The number of aliphatic hydroxyl groups is 1. The van der Waals surface area contributed by atoms with Crippen LogP contribution in [0.25, 0.3) is 0 Å². The van der Waals surface area contributed by atoms with E-state index >= 15 is 0 Å². The van der Waals surface area contributed by atoms with Gasteiger partial charge in [0.1, 0.15) is 11.5 Å². The Morgan fingerprint density at radius 3 is 2.94 bits per heavy atom. The van der Waals surface area contributed by atoms with Gasteiger partial charge in [-0.1, -0.05) is 0 Å². The zero-order valence-electron chi connectivity index (χ0n) is 10.2. The molecule has 5 nitrogen and oxygen atoms in total. The number of rotatable bonds is 7. The lowest BCUT2D eigenvalue weighted by molar-refractivity contribution is -0.145. The van der Waals surface area contributed by atoms with Gasteiger partial charge in [-0.25, -0.2) is 0 Å². The summed E-state index contributed by atoms with van der Waals surface area (Å²) in [7, 11) is 0. The van der Waals surface area contributed by atoms with Crippen LogP contribution in [0.5, 0.6) is 0 Å². The first kappa shape index (κ1) is 13.7. The summed E-state index contributed by atoms with van der Waals surface area (Å²) in [6.07, 6.45) is -0.719. The Balaban J connectivity index is 2.15. The summed E-state index contributed by atoms with van der Waals surface area (Å²) in [4.78, 5) is 11.1. The Labute approximate surface area is 101 Å². The third-order valence-electron chi connectivity index (χ3n) is 2.18. The first-order chi connectivity index (χ1) is 8.11. The summed E-state index contributed by atoms with van der Waals surface area (Å²) >= 11 is 0. The third-order valence-corrected chi connectivity index (χ3v) is 2.18. The summed E-state index contributed by atoms with van der Waals surface area (Å²) in [5.41, 5.74) is 0. The molecule has 1 rings (SSSR count). The minimum absolute atomic E-state index is 0.0119. The Hall–Kier alpha value is -1.33. The fraction of sp³-hybridized carbons (Fsp3) is 0.583. The number of furan rings is 1. The van der Waals surface area contributed by atoms with E-state index in [0.29, 0.717) is 19.7 Å². The number of carbonyl (C=O) groups excluding carboxylic acids is 1. The number of aliphatic hydroxyl groups excluding tert-OH is 1. The monoisotopic (exact) mass is 241 g/mol. The van der Waals surface area contributed by atoms with Crippen LogP contribution in [0.1, 0.15) is 24.9 Å². The quantitative estimate of drug-likeness (QED) is 0.697. The van der Waals surface area contributed by atoms with Crippen molar-refractivity contribution in [1.29, 1.82) is 0 Å². The topological polar surface area (TPSA) is 71.7 Å². The van der Waals surface area contributed by atoms with Crippen molar-refractivity contribution < 1.29 is 19.1 Å². The number of carbonyl (C=O) groups is 1. The minimum Gasteiger partial charge on any atom is -0.466 e. The van der Waals surface area contributed by atoms with Gasteiger partial charge in [0.25, 0.3) is 0 Å². The molecule has 0 saturated heterocycles. The Bertz CT molecular complexity index is 348. The van der Waals surface area contributed by atoms with Gasteiger partial charge in [-0.2, -0.15) is 0 Å². The van der Waals surface area contributed by atoms with Crippen LogP contribution in [0.2, 0.25) is 0 Å². The summed E-state index contributed by atoms with van der Waals surface area (Å²) in [6, 6.07) is 3.76. The molecule has 0 aromatic carbocycles. The third kappa shape index (κ3) is 5.51. The van der Waals surface area contributed by atoms with E-state index in [2.05, 4.69) is 5.32 Å². The Morgan fingerprint density at radius 2 is 2.35 bits per heavy atom. The molecule has 5 heteroatoms. The van der Waals surface area contributed by atoms with Crippen LogP contribution in [0.15, 0.2) is 16.5 Å². The van der Waals surface area contributed by atoms with Gasteiger partial charge in [0, 0.05) is 6.54 Å². The summed E-state index contributed by atoms with van der Waals surface area (Å²) in [5, 5.41) is 12.5. The second kappa shape index (κ2) is 7.09. The molecule has 1 aromatic rings. The van der Waals surface area contributed by atoms with E-state index in [-0.39, 0.29) is 12.4 Å². The molecule has 1 unspecified atom stereocenters. The molecule has 0 aliphatic rings. The van der Waals surface area contributed by atoms with Crippen molar-refractivity contribution in [3.05, 3.63) is 23.7 Å². The lowest BCUT2D eigenvalue weighted by Crippen LogP contribution is -2.28. The molecule has 0 amide bonds. The highest BCUT2D eigenvalue weighted by molar-refractivity contribution is 5.69. The highest BCUT2D eigenvalue weighted by Crippen LogP contribution is 2.05. The molecule has 1 atom stereocenters. The standard InChI is InChI=1S/C12H19NO4/c1-3-16-12(15)6-10(14)7-13-8-11-5-4-9(2)17-11/h4-5,10,13-14H,3,6-8H2,1-2H3. The number of aryl methyl sites for hydroxylation is 1. The van der Waals surface area contributed by atoms with Crippen molar-refractivity contribution in [3.63, 3.8) is 0 Å². The van der Waals surface area contributed by atoms with Crippen molar-refractivity contribution in [1.82, 2.24) is 5.32 Å². The van der Waals surface area contributed by atoms with Gasteiger partial charge < -0.3 is 19.6 Å². The molecule has 17 heavy (non-hydrogen) atoms. The van der Waals surface area contributed by atoms with E-state index in [1.165, 1.54) is 0 Å². The van der Waals surface area contributed by atoms with Crippen molar-refractivity contribution in [3.8, 4) is 0 Å². The average Bonchev–Trinajstić information content (AvgIpc) is 2.64. The predicted octanol–water partition coefficient (Wildman–Crippen LogP) is 0.992. The highest BCUT2D eigenvalue weighted by atomic mass is 16.5. The maximum absolute atomic E-state index is 11.1. The van der Waals surface area contributed by atoms with Gasteiger partial charge >= 0.3 is 5.97 Å². The first-order valence-electron chi connectivity index (χ1n) is 5.71. The summed E-state index contributed by atoms with van der Waals surface area (Å²) < 4.78 is 10.1. The van der Waals surface area contributed by atoms with Crippen LogP contribution < -0.4 is 5.32 Å². The molecule has 2 N–H and O–H groups in total. The molecule has 0 spiro atoms. The van der Waals surface area contributed by atoms with Gasteiger partial charge in [-0.3, -0.25) is 4.79 Å². The number of hydrogen-bond donors (Lipinski definition) is 2. The lowest BCUT2D eigenvalue weighted by Gasteiger charge is -2.10. The number of hydrogen-bond acceptors (Lipinski definition) is 5. The normalized spacial score (nSPS) is 12.4. The number of nitrogens with one attached hydrogen (secondary N) is 1. The van der Waals surface area contributed by atoms with Gasteiger partial charge in [-0.15, -0.1) is 0 Å². The second-order valence-corrected chi connectivity index (χ2v) is 3.81. The van der Waals surface area contributed by atoms with E-state index in [1.807, 2.05) is 19.1 Å².